The van der Waals surface area contributed by atoms with Gasteiger partial charge in [0.05, 0.1) is 13.4 Å². The highest BCUT2D eigenvalue weighted by Gasteiger charge is 2.52. The molecule has 2 unspecified atom stereocenters. The van der Waals surface area contributed by atoms with Crippen molar-refractivity contribution in [3.63, 3.8) is 0 Å². The largest absolute Gasteiger partial charge is 0.573 e. The fourth-order valence-electron chi connectivity index (χ4n) is 7.17. The minimum Gasteiger partial charge on any atom is -0.467 e. The zero-order chi connectivity index (χ0) is 46.5. The average Bonchev–Trinajstić information content (AvgIpc) is 3.86. The van der Waals surface area contributed by atoms with Crippen LogP contribution in [-0.4, -0.2) is 105 Å². The lowest BCUT2D eigenvalue weighted by Crippen LogP contribution is -2.45. The third-order valence-corrected chi connectivity index (χ3v) is 10.0. The van der Waals surface area contributed by atoms with Crippen LogP contribution in [0.25, 0.3) is 11.2 Å². The number of nitrogens with one attached hydrogen (secondary N) is 1. The van der Waals surface area contributed by atoms with E-state index in [4.69, 9.17) is 23.7 Å². The molecule has 2 aromatic heterocycles. The molecule has 1 aliphatic rings. The molecule has 0 bridgehead atoms. The van der Waals surface area contributed by atoms with Crippen LogP contribution >= 0.6 is 0 Å². The van der Waals surface area contributed by atoms with E-state index in [1.165, 1.54) is 22.1 Å². The molecule has 0 saturated carbocycles. The summed E-state index contributed by atoms with van der Waals surface area (Å²) in [5.74, 6) is -2.99. The van der Waals surface area contributed by atoms with Crippen molar-refractivity contribution in [1.82, 2.24) is 24.4 Å². The number of hydrogen-bond donors (Lipinski definition) is 1. The molecular formula is C44H44F3N7O11. The number of hydrogen-bond acceptors (Lipinski definition) is 15. The summed E-state index contributed by atoms with van der Waals surface area (Å²) >= 11 is 0. The molecule has 5 aromatic rings. The molecule has 2 amide bonds. The van der Waals surface area contributed by atoms with Crippen LogP contribution in [0.5, 0.6) is 0 Å². The van der Waals surface area contributed by atoms with E-state index in [2.05, 4.69) is 30.0 Å². The lowest BCUT2D eigenvalue weighted by atomic mass is 9.96. The first kappa shape index (κ1) is 47.1. The Hall–Kier alpha value is -7.42. The van der Waals surface area contributed by atoms with E-state index in [1.807, 2.05) is 0 Å². The van der Waals surface area contributed by atoms with Crippen LogP contribution in [-0.2, 0) is 56.0 Å². The van der Waals surface area contributed by atoms with Crippen LogP contribution in [0.2, 0.25) is 0 Å². The van der Waals surface area contributed by atoms with Crippen molar-refractivity contribution in [2.75, 3.05) is 12.4 Å². The van der Waals surface area contributed by atoms with Gasteiger partial charge in [0.15, 0.2) is 47.9 Å². The maximum atomic E-state index is 14.3. The van der Waals surface area contributed by atoms with Crippen LogP contribution in [0.3, 0.4) is 0 Å². The van der Waals surface area contributed by atoms with Gasteiger partial charge in [-0.05, 0) is 42.5 Å². The summed E-state index contributed by atoms with van der Waals surface area (Å²) in [6, 6.07) is 23.4. The third-order valence-electron chi connectivity index (χ3n) is 10.0. The second kappa shape index (κ2) is 21.8. The SMILES string of the molecule is COC(=O)[C@H](CC[C@@H](C[C@H]1O[C@@H](n2cnc3c(NC(=O)c4ccccc4)ncnc32)C(OC(C)=O)C1OC(C)=O)N(Cc1ccccc1)C(=O)OCc1ccccc1)N=COC(F)(F)F. The van der Waals surface area contributed by atoms with Gasteiger partial charge in [-0.1, -0.05) is 78.9 Å². The van der Waals surface area contributed by atoms with E-state index in [0.29, 0.717) is 16.7 Å². The fraction of sp³-hybridized carbons (Fsp3) is 0.341. The lowest BCUT2D eigenvalue weighted by molar-refractivity contribution is -0.280. The number of aromatic nitrogens is 4. The molecule has 6 rings (SSSR count). The van der Waals surface area contributed by atoms with Crippen molar-refractivity contribution in [2.45, 2.75) is 89.2 Å². The molecule has 6 atom stereocenters. The van der Waals surface area contributed by atoms with Crippen molar-refractivity contribution in [3.8, 4) is 0 Å². The van der Waals surface area contributed by atoms with Crippen LogP contribution < -0.4 is 5.32 Å². The minimum atomic E-state index is -5.09. The Morgan fingerprint density at radius 2 is 1.49 bits per heavy atom. The van der Waals surface area contributed by atoms with Crippen molar-refractivity contribution in [3.05, 3.63) is 120 Å². The van der Waals surface area contributed by atoms with Gasteiger partial charge in [-0.3, -0.25) is 19.0 Å². The number of carbonyl (C=O) groups is 5. The van der Waals surface area contributed by atoms with Crippen LogP contribution in [0.4, 0.5) is 23.8 Å². The van der Waals surface area contributed by atoms with Gasteiger partial charge in [0, 0.05) is 32.0 Å². The summed E-state index contributed by atoms with van der Waals surface area (Å²) in [7, 11) is 1.03. The number of anilines is 1. The standard InChI is InChI=1S/C44H44F3N7O11/c1-27(55)63-36-34(65-41(37(36)64-28(2)56)54-25-50-35-38(48-24-49-39(35)54)52-40(57)31-17-11-6-12-18-31)21-32(19-20-33(42(58)60-3)51-26-62-44(45,46)47)53(22-29-13-7-4-8-14-29)43(59)61-23-30-15-9-5-10-16-30/h4-18,24-26,32-34,36-37,41H,19-23H2,1-3H3,(H,48,49,52,57)/t32-,33-,34+,36?,37?,41+/m0/s1. The summed E-state index contributed by atoms with van der Waals surface area (Å²) in [6.07, 6.45) is -9.22. The molecular weight excluding hydrogens is 860 g/mol. The molecule has 342 valence electrons. The molecule has 0 spiro atoms. The van der Waals surface area contributed by atoms with Gasteiger partial charge >= 0.3 is 30.4 Å². The Morgan fingerprint density at radius 1 is 0.862 bits per heavy atom. The number of aliphatic imine (C=N–C) groups is 1. The second-order valence-corrected chi connectivity index (χ2v) is 14.6. The third kappa shape index (κ3) is 12.8. The number of imidazole rings is 1. The number of carbonyl (C=O) groups excluding carboxylic acids is 5. The normalized spacial score (nSPS) is 18.1. The van der Waals surface area contributed by atoms with Crippen molar-refractivity contribution in [2.24, 2.45) is 4.99 Å². The van der Waals surface area contributed by atoms with E-state index >= 15 is 0 Å². The topological polar surface area (TPSA) is 212 Å². The summed E-state index contributed by atoms with van der Waals surface area (Å²) in [5, 5.41) is 2.72. The Morgan fingerprint density at radius 3 is 2.12 bits per heavy atom. The second-order valence-electron chi connectivity index (χ2n) is 14.6. The number of ether oxygens (including phenoxy) is 6. The lowest BCUT2D eigenvalue weighted by Gasteiger charge is -2.34. The van der Waals surface area contributed by atoms with Gasteiger partial charge in [0.2, 0.25) is 0 Å². The number of fused-ring (bicyclic) bond motifs is 1. The van der Waals surface area contributed by atoms with Gasteiger partial charge in [0.1, 0.15) is 19.0 Å². The molecule has 1 aliphatic heterocycles. The van der Waals surface area contributed by atoms with Gasteiger partial charge < -0.3 is 38.6 Å². The van der Waals surface area contributed by atoms with E-state index in [1.54, 1.807) is 91.0 Å². The molecule has 3 heterocycles. The number of nitrogens with zero attached hydrogens (tertiary/aromatic N) is 6. The predicted molar refractivity (Wildman–Crippen MR) is 222 cm³/mol. The van der Waals surface area contributed by atoms with Gasteiger partial charge in [-0.25, -0.2) is 29.5 Å². The predicted octanol–water partition coefficient (Wildman–Crippen LogP) is 6.32. The zero-order valence-corrected chi connectivity index (χ0v) is 35.2. The molecule has 3 aromatic carbocycles. The van der Waals surface area contributed by atoms with Gasteiger partial charge in [-0.2, -0.15) is 0 Å². The van der Waals surface area contributed by atoms with Gasteiger partial charge in [0.25, 0.3) is 5.91 Å². The summed E-state index contributed by atoms with van der Waals surface area (Å²) in [4.78, 5) is 83.9. The van der Waals surface area contributed by atoms with E-state index < -0.39 is 72.9 Å². The number of rotatable bonds is 18. The Bertz CT molecular complexity index is 2440. The monoisotopic (exact) mass is 903 g/mol. The molecule has 1 N–H and O–H groups in total. The highest BCUT2D eigenvalue weighted by Crippen LogP contribution is 2.39. The summed E-state index contributed by atoms with van der Waals surface area (Å²) < 4.78 is 72.7. The first-order chi connectivity index (χ1) is 31.2. The molecule has 65 heavy (non-hydrogen) atoms. The van der Waals surface area contributed by atoms with E-state index in [-0.39, 0.29) is 55.8 Å². The molecule has 18 nitrogen and oxygen atoms in total. The smallest absolute Gasteiger partial charge is 0.467 e. The van der Waals surface area contributed by atoms with Crippen LogP contribution in [0.15, 0.2) is 109 Å². The Balaban J connectivity index is 1.39. The van der Waals surface area contributed by atoms with Gasteiger partial charge in [-0.15, -0.1) is 13.2 Å². The number of esters is 3. The van der Waals surface area contributed by atoms with E-state index in [0.717, 1.165) is 21.0 Å². The Labute approximate surface area is 369 Å². The highest BCUT2D eigenvalue weighted by molar-refractivity contribution is 6.06. The molecule has 1 saturated heterocycles. The summed E-state index contributed by atoms with van der Waals surface area (Å²) in [6.45, 7) is 2.06. The zero-order valence-electron chi connectivity index (χ0n) is 35.2. The molecule has 21 heteroatoms. The molecule has 0 aliphatic carbocycles. The fourth-order valence-corrected chi connectivity index (χ4v) is 7.17. The van der Waals surface area contributed by atoms with Crippen molar-refractivity contribution < 1.29 is 65.6 Å². The highest BCUT2D eigenvalue weighted by atomic mass is 19.4. The number of benzene rings is 3. The maximum Gasteiger partial charge on any atom is 0.573 e. The Kier molecular flexibility index (Phi) is 15.8. The first-order valence-electron chi connectivity index (χ1n) is 20.1. The first-order valence-corrected chi connectivity index (χ1v) is 20.1. The van der Waals surface area contributed by atoms with Crippen LogP contribution in [0.1, 0.15) is 60.8 Å². The average molecular weight is 904 g/mol. The number of methoxy groups -OCH3 is 1. The summed E-state index contributed by atoms with van der Waals surface area (Å²) in [5.41, 5.74) is 1.92. The number of amides is 2. The number of alkyl halides is 3. The quantitative estimate of drug-likeness (QED) is 0.0441. The maximum absolute atomic E-state index is 14.3. The van der Waals surface area contributed by atoms with Crippen molar-refractivity contribution >= 4 is 53.3 Å². The van der Waals surface area contributed by atoms with E-state index in [9.17, 15) is 37.1 Å². The van der Waals surface area contributed by atoms with Crippen LogP contribution in [0, 0.1) is 0 Å². The molecule has 1 fully saturated rings. The molecule has 0 radical (unpaired) electrons. The van der Waals surface area contributed by atoms with Crippen molar-refractivity contribution in [1.29, 1.82) is 0 Å². The number of halogens is 3. The minimum absolute atomic E-state index is 0.0480.